The van der Waals surface area contributed by atoms with Crippen molar-refractivity contribution in [2.24, 2.45) is 0 Å². The summed E-state index contributed by atoms with van der Waals surface area (Å²) in [5.74, 6) is -1.53. The minimum absolute atomic E-state index is 0.0293. The third kappa shape index (κ3) is 2.46. The summed E-state index contributed by atoms with van der Waals surface area (Å²) in [5, 5.41) is 0. The van der Waals surface area contributed by atoms with Gasteiger partial charge in [0.15, 0.2) is 0 Å². The zero-order valence-electron chi connectivity index (χ0n) is 13.1. The average Bonchev–Trinajstić information content (AvgIpc) is 2.80. The lowest BCUT2D eigenvalue weighted by molar-refractivity contribution is -0.113. The summed E-state index contributed by atoms with van der Waals surface area (Å²) in [5.41, 5.74) is 0.968. The van der Waals surface area contributed by atoms with Crippen molar-refractivity contribution in [2.45, 2.75) is 18.7 Å². The highest BCUT2D eigenvalue weighted by Gasteiger charge is 2.43. The van der Waals surface area contributed by atoms with E-state index < -0.39 is 21.7 Å². The Bertz CT molecular complexity index is 932. The molecule has 0 spiro atoms. The van der Waals surface area contributed by atoms with Crippen LogP contribution in [0.25, 0.3) is 0 Å². The lowest BCUT2D eigenvalue weighted by Crippen LogP contribution is -2.35. The number of rotatable bonds is 4. The number of hydrogen-bond donors (Lipinski definition) is 0. The van der Waals surface area contributed by atoms with E-state index in [4.69, 9.17) is 4.74 Å². The Morgan fingerprint density at radius 2 is 1.71 bits per heavy atom. The van der Waals surface area contributed by atoms with Crippen LogP contribution in [0.4, 0.5) is 5.69 Å². The highest BCUT2D eigenvalue weighted by atomic mass is 32.2. The Morgan fingerprint density at radius 3 is 2.33 bits per heavy atom. The molecule has 0 saturated carbocycles. The molecular weight excluding hydrogens is 330 g/mol. The second kappa shape index (κ2) is 5.76. The van der Waals surface area contributed by atoms with Crippen LogP contribution in [-0.2, 0) is 14.8 Å². The van der Waals surface area contributed by atoms with Crippen molar-refractivity contribution in [1.82, 2.24) is 0 Å². The minimum atomic E-state index is -4.15. The standard InChI is InChI=1S/C17H15NO5S/c1-3-23-12-6-9-15-14(10-12)16(19)17(20)18(15)24(21,22)13-7-4-11(2)5-8-13/h4-10H,3H2,1-2H3. The Balaban J connectivity index is 2.11. The third-order valence-electron chi connectivity index (χ3n) is 3.68. The summed E-state index contributed by atoms with van der Waals surface area (Å²) in [6, 6.07) is 10.4. The van der Waals surface area contributed by atoms with Crippen LogP contribution in [0, 0.1) is 6.92 Å². The SMILES string of the molecule is CCOc1ccc2c(c1)C(=O)C(=O)N2S(=O)(=O)c1ccc(C)cc1. The van der Waals surface area contributed by atoms with Crippen LogP contribution >= 0.6 is 0 Å². The van der Waals surface area contributed by atoms with Gasteiger partial charge in [-0.2, -0.15) is 4.31 Å². The molecule has 0 aromatic heterocycles. The maximum Gasteiger partial charge on any atom is 0.313 e. The number of sulfonamides is 1. The molecule has 7 heteroatoms. The van der Waals surface area contributed by atoms with E-state index in [0.717, 1.165) is 5.56 Å². The molecule has 0 unspecified atom stereocenters. The number of nitrogens with zero attached hydrogens (tertiary/aromatic N) is 1. The van der Waals surface area contributed by atoms with E-state index in [-0.39, 0.29) is 16.1 Å². The van der Waals surface area contributed by atoms with Gasteiger partial charge < -0.3 is 4.74 Å². The Hall–Kier alpha value is -2.67. The monoisotopic (exact) mass is 345 g/mol. The van der Waals surface area contributed by atoms with E-state index >= 15 is 0 Å². The van der Waals surface area contributed by atoms with Crippen LogP contribution in [0.5, 0.6) is 5.75 Å². The van der Waals surface area contributed by atoms with Gasteiger partial charge in [-0.1, -0.05) is 17.7 Å². The van der Waals surface area contributed by atoms with Crippen LogP contribution in [0.15, 0.2) is 47.4 Å². The first-order valence-corrected chi connectivity index (χ1v) is 8.77. The largest absolute Gasteiger partial charge is 0.494 e. The number of carbonyl (C=O) groups is 2. The fraction of sp³-hybridized carbons (Fsp3) is 0.176. The Labute approximate surface area is 139 Å². The van der Waals surface area contributed by atoms with Crippen molar-refractivity contribution in [3.05, 3.63) is 53.6 Å². The van der Waals surface area contributed by atoms with Gasteiger partial charge in [0, 0.05) is 0 Å². The average molecular weight is 345 g/mol. The summed E-state index contributed by atoms with van der Waals surface area (Å²) in [6.07, 6.45) is 0. The van der Waals surface area contributed by atoms with E-state index in [1.807, 2.05) is 6.92 Å². The van der Waals surface area contributed by atoms with Gasteiger partial charge in [0.25, 0.3) is 15.8 Å². The Morgan fingerprint density at radius 1 is 1.04 bits per heavy atom. The third-order valence-corrected chi connectivity index (χ3v) is 5.39. The van der Waals surface area contributed by atoms with Gasteiger partial charge in [0.2, 0.25) is 0 Å². The number of ether oxygens (including phenoxy) is 1. The molecule has 2 aromatic carbocycles. The zero-order valence-corrected chi connectivity index (χ0v) is 14.0. The number of aryl methyl sites for hydroxylation is 1. The first-order valence-electron chi connectivity index (χ1n) is 7.33. The summed E-state index contributed by atoms with van der Waals surface area (Å²) < 4.78 is 31.5. The summed E-state index contributed by atoms with van der Waals surface area (Å²) >= 11 is 0. The highest BCUT2D eigenvalue weighted by molar-refractivity contribution is 7.93. The molecule has 0 aliphatic carbocycles. The number of Topliss-reactive ketones (excluding diaryl/α,β-unsaturated/α-hetero) is 1. The molecule has 24 heavy (non-hydrogen) atoms. The lowest BCUT2D eigenvalue weighted by atomic mass is 10.1. The van der Waals surface area contributed by atoms with Crippen molar-refractivity contribution in [2.75, 3.05) is 10.9 Å². The molecular formula is C17H15NO5S. The van der Waals surface area contributed by atoms with Gasteiger partial charge in [-0.05, 0) is 44.2 Å². The molecule has 2 aromatic rings. The number of anilines is 1. The molecule has 0 fully saturated rings. The zero-order chi connectivity index (χ0) is 17.5. The quantitative estimate of drug-likeness (QED) is 0.794. The molecule has 1 aliphatic heterocycles. The highest BCUT2D eigenvalue weighted by Crippen LogP contribution is 2.36. The van der Waals surface area contributed by atoms with Crippen LogP contribution in [0.1, 0.15) is 22.8 Å². The van der Waals surface area contributed by atoms with Crippen molar-refractivity contribution >= 4 is 27.4 Å². The van der Waals surface area contributed by atoms with Crippen molar-refractivity contribution in [3.63, 3.8) is 0 Å². The number of hydrogen-bond acceptors (Lipinski definition) is 5. The second-order valence-corrected chi connectivity index (χ2v) is 7.12. The Kier molecular flexibility index (Phi) is 3.88. The van der Waals surface area contributed by atoms with Crippen molar-refractivity contribution in [1.29, 1.82) is 0 Å². The van der Waals surface area contributed by atoms with E-state index in [2.05, 4.69) is 0 Å². The summed E-state index contributed by atoms with van der Waals surface area (Å²) in [7, 11) is -4.15. The van der Waals surface area contributed by atoms with Crippen LogP contribution < -0.4 is 9.04 Å². The van der Waals surface area contributed by atoms with Gasteiger partial charge in [0.05, 0.1) is 22.8 Å². The molecule has 0 bridgehead atoms. The molecule has 1 heterocycles. The van der Waals surface area contributed by atoms with E-state index in [1.165, 1.54) is 30.3 Å². The second-order valence-electron chi connectivity index (χ2n) is 5.33. The van der Waals surface area contributed by atoms with E-state index in [0.29, 0.717) is 16.7 Å². The van der Waals surface area contributed by atoms with Crippen molar-refractivity contribution in [3.8, 4) is 5.75 Å². The molecule has 1 amide bonds. The van der Waals surface area contributed by atoms with Gasteiger partial charge in [0.1, 0.15) is 5.75 Å². The number of ketones is 1. The summed E-state index contributed by atoms with van der Waals surface area (Å²) in [4.78, 5) is 24.4. The van der Waals surface area contributed by atoms with E-state index in [1.54, 1.807) is 19.1 Å². The first-order chi connectivity index (χ1) is 11.4. The minimum Gasteiger partial charge on any atom is -0.494 e. The van der Waals surface area contributed by atoms with Crippen LogP contribution in [0.2, 0.25) is 0 Å². The van der Waals surface area contributed by atoms with E-state index in [9.17, 15) is 18.0 Å². The molecule has 3 rings (SSSR count). The number of carbonyl (C=O) groups excluding carboxylic acids is 2. The van der Waals surface area contributed by atoms with Gasteiger partial charge >= 0.3 is 5.91 Å². The lowest BCUT2D eigenvalue weighted by Gasteiger charge is -2.17. The maximum atomic E-state index is 12.8. The number of fused-ring (bicyclic) bond motifs is 1. The summed E-state index contributed by atoms with van der Waals surface area (Å²) in [6.45, 7) is 4.01. The number of amides is 1. The van der Waals surface area contributed by atoms with Gasteiger partial charge in [-0.15, -0.1) is 0 Å². The predicted molar refractivity (Wildman–Crippen MR) is 87.8 cm³/mol. The molecule has 0 saturated heterocycles. The molecule has 124 valence electrons. The predicted octanol–water partition coefficient (Wildman–Crippen LogP) is 2.31. The molecule has 6 nitrogen and oxygen atoms in total. The number of benzene rings is 2. The fourth-order valence-electron chi connectivity index (χ4n) is 2.50. The topological polar surface area (TPSA) is 80.8 Å². The van der Waals surface area contributed by atoms with Gasteiger partial charge in [-0.3, -0.25) is 9.59 Å². The van der Waals surface area contributed by atoms with Crippen molar-refractivity contribution < 1.29 is 22.7 Å². The van der Waals surface area contributed by atoms with Gasteiger partial charge in [-0.25, -0.2) is 8.42 Å². The van der Waals surface area contributed by atoms with Crippen LogP contribution in [-0.4, -0.2) is 26.7 Å². The molecule has 0 atom stereocenters. The maximum absolute atomic E-state index is 12.8. The smallest absolute Gasteiger partial charge is 0.313 e. The normalized spacial score (nSPS) is 14.0. The fourth-order valence-corrected chi connectivity index (χ4v) is 3.91. The molecule has 0 radical (unpaired) electrons. The van der Waals surface area contributed by atoms with Crippen LogP contribution in [0.3, 0.4) is 0 Å². The first kappa shape index (κ1) is 16.2. The molecule has 1 aliphatic rings. The molecule has 0 N–H and O–H groups in total.